The predicted octanol–water partition coefficient (Wildman–Crippen LogP) is -0.477. The molecule has 0 aliphatic rings. The van der Waals surface area contributed by atoms with Gasteiger partial charge in [-0.3, -0.25) is 4.79 Å². The van der Waals surface area contributed by atoms with E-state index in [4.69, 9.17) is 14.8 Å². The summed E-state index contributed by atoms with van der Waals surface area (Å²) in [5.74, 6) is -0.175. The fourth-order valence-electron chi connectivity index (χ4n) is 1.43. The molecule has 0 spiro atoms. The SMILES string of the molecule is CCOCCCNC(=O)c1ccc(B(O)O)cc1. The molecule has 0 aromatic heterocycles. The molecule has 0 saturated carbocycles. The molecule has 1 aromatic carbocycles. The normalized spacial score (nSPS) is 10.2. The van der Waals surface area contributed by atoms with E-state index in [-0.39, 0.29) is 5.91 Å². The summed E-state index contributed by atoms with van der Waals surface area (Å²) in [6, 6.07) is 6.15. The van der Waals surface area contributed by atoms with Gasteiger partial charge in [-0.25, -0.2) is 0 Å². The summed E-state index contributed by atoms with van der Waals surface area (Å²) < 4.78 is 5.16. The third kappa shape index (κ3) is 4.87. The number of rotatable bonds is 7. The van der Waals surface area contributed by atoms with Crippen molar-refractivity contribution in [2.24, 2.45) is 0 Å². The first-order valence-electron chi connectivity index (χ1n) is 5.97. The lowest BCUT2D eigenvalue weighted by atomic mass is 9.80. The van der Waals surface area contributed by atoms with Crippen molar-refractivity contribution in [3.8, 4) is 0 Å². The molecule has 0 radical (unpaired) electrons. The number of hydrogen-bond donors (Lipinski definition) is 3. The van der Waals surface area contributed by atoms with Gasteiger partial charge in [0.1, 0.15) is 0 Å². The maximum absolute atomic E-state index is 11.7. The highest BCUT2D eigenvalue weighted by Crippen LogP contribution is 1.97. The largest absolute Gasteiger partial charge is 0.488 e. The van der Waals surface area contributed by atoms with Gasteiger partial charge in [0.25, 0.3) is 5.91 Å². The molecule has 0 bridgehead atoms. The number of nitrogens with one attached hydrogen (secondary N) is 1. The molecule has 0 heterocycles. The molecule has 5 nitrogen and oxygen atoms in total. The van der Waals surface area contributed by atoms with Crippen molar-refractivity contribution < 1.29 is 19.6 Å². The number of carbonyl (C=O) groups excluding carboxylic acids is 1. The first-order valence-corrected chi connectivity index (χ1v) is 5.97. The lowest BCUT2D eigenvalue weighted by Crippen LogP contribution is -2.30. The van der Waals surface area contributed by atoms with Crippen LogP contribution < -0.4 is 10.8 Å². The third-order valence-corrected chi connectivity index (χ3v) is 2.43. The Morgan fingerprint density at radius 2 is 2.00 bits per heavy atom. The predicted molar refractivity (Wildman–Crippen MR) is 69.7 cm³/mol. The van der Waals surface area contributed by atoms with E-state index in [1.165, 1.54) is 12.1 Å². The molecule has 1 amide bonds. The van der Waals surface area contributed by atoms with Crippen molar-refractivity contribution >= 4 is 18.5 Å². The van der Waals surface area contributed by atoms with E-state index >= 15 is 0 Å². The highest BCUT2D eigenvalue weighted by molar-refractivity contribution is 6.58. The second-order valence-electron chi connectivity index (χ2n) is 3.80. The summed E-state index contributed by atoms with van der Waals surface area (Å²) in [6.07, 6.45) is 0.771. The average Bonchev–Trinajstić information content (AvgIpc) is 2.38. The van der Waals surface area contributed by atoms with Crippen LogP contribution in [0, 0.1) is 0 Å². The van der Waals surface area contributed by atoms with Crippen LogP contribution in [0.15, 0.2) is 24.3 Å². The van der Waals surface area contributed by atoms with Gasteiger partial charge in [0.2, 0.25) is 0 Å². The first-order chi connectivity index (χ1) is 8.65. The second kappa shape index (κ2) is 7.86. The fourth-order valence-corrected chi connectivity index (χ4v) is 1.43. The highest BCUT2D eigenvalue weighted by Gasteiger charge is 2.11. The Labute approximate surface area is 107 Å². The molecule has 18 heavy (non-hydrogen) atoms. The van der Waals surface area contributed by atoms with Crippen molar-refractivity contribution in [3.05, 3.63) is 29.8 Å². The molecular formula is C12H18BNO4. The summed E-state index contributed by atoms with van der Waals surface area (Å²) in [5, 5.41) is 20.6. The van der Waals surface area contributed by atoms with Crippen molar-refractivity contribution in [3.63, 3.8) is 0 Å². The van der Waals surface area contributed by atoms with E-state index in [1.54, 1.807) is 12.1 Å². The maximum atomic E-state index is 11.7. The van der Waals surface area contributed by atoms with E-state index in [0.717, 1.165) is 6.42 Å². The van der Waals surface area contributed by atoms with E-state index in [2.05, 4.69) is 5.32 Å². The Bertz CT molecular complexity index is 367. The summed E-state index contributed by atoms with van der Waals surface area (Å²) in [7, 11) is -1.51. The molecule has 1 rings (SSSR count). The van der Waals surface area contributed by atoms with E-state index in [0.29, 0.717) is 30.8 Å². The Kier molecular flexibility index (Phi) is 6.42. The molecule has 0 aliphatic heterocycles. The van der Waals surface area contributed by atoms with Crippen LogP contribution in [0.4, 0.5) is 0 Å². The number of amides is 1. The monoisotopic (exact) mass is 251 g/mol. The van der Waals surface area contributed by atoms with Crippen LogP contribution in [-0.2, 0) is 4.74 Å². The fraction of sp³-hybridized carbons (Fsp3) is 0.417. The molecule has 6 heteroatoms. The van der Waals surface area contributed by atoms with Crippen LogP contribution in [0.1, 0.15) is 23.7 Å². The van der Waals surface area contributed by atoms with E-state index in [1.807, 2.05) is 6.92 Å². The lowest BCUT2D eigenvalue weighted by molar-refractivity contribution is 0.0944. The van der Waals surface area contributed by atoms with Gasteiger partial charge in [-0.15, -0.1) is 0 Å². The average molecular weight is 251 g/mol. The molecule has 0 atom stereocenters. The number of benzene rings is 1. The zero-order valence-electron chi connectivity index (χ0n) is 10.4. The van der Waals surface area contributed by atoms with Crippen molar-refractivity contribution in [1.82, 2.24) is 5.32 Å². The third-order valence-electron chi connectivity index (χ3n) is 2.43. The van der Waals surface area contributed by atoms with Gasteiger partial charge in [-0.1, -0.05) is 12.1 Å². The number of hydrogen-bond acceptors (Lipinski definition) is 4. The quantitative estimate of drug-likeness (QED) is 0.452. The van der Waals surface area contributed by atoms with Gasteiger partial charge in [0.05, 0.1) is 0 Å². The van der Waals surface area contributed by atoms with Gasteiger partial charge in [0, 0.05) is 25.3 Å². The molecule has 0 aliphatic carbocycles. The van der Waals surface area contributed by atoms with Crippen LogP contribution >= 0.6 is 0 Å². The summed E-state index contributed by atoms with van der Waals surface area (Å²) >= 11 is 0. The van der Waals surface area contributed by atoms with Crippen LogP contribution in [-0.4, -0.2) is 42.8 Å². The van der Waals surface area contributed by atoms with Gasteiger partial charge < -0.3 is 20.1 Å². The summed E-state index contributed by atoms with van der Waals surface area (Å²) in [5.41, 5.74) is 0.860. The highest BCUT2D eigenvalue weighted by atomic mass is 16.5. The molecule has 0 unspecified atom stereocenters. The van der Waals surface area contributed by atoms with E-state index < -0.39 is 7.12 Å². The maximum Gasteiger partial charge on any atom is 0.488 e. The first kappa shape index (κ1) is 14.7. The molecule has 1 aromatic rings. The van der Waals surface area contributed by atoms with Crippen molar-refractivity contribution in [2.45, 2.75) is 13.3 Å². The molecule has 98 valence electrons. The summed E-state index contributed by atoms with van der Waals surface area (Å²) in [4.78, 5) is 11.7. The zero-order valence-corrected chi connectivity index (χ0v) is 10.4. The van der Waals surface area contributed by atoms with Gasteiger partial charge in [-0.2, -0.15) is 0 Å². The van der Waals surface area contributed by atoms with Gasteiger partial charge in [0.15, 0.2) is 0 Å². The van der Waals surface area contributed by atoms with Crippen molar-refractivity contribution in [1.29, 1.82) is 0 Å². The molecular weight excluding hydrogens is 233 g/mol. The van der Waals surface area contributed by atoms with Crippen molar-refractivity contribution in [2.75, 3.05) is 19.8 Å². The zero-order chi connectivity index (χ0) is 13.4. The van der Waals surface area contributed by atoms with E-state index in [9.17, 15) is 4.79 Å². The minimum atomic E-state index is -1.51. The minimum Gasteiger partial charge on any atom is -0.423 e. The Morgan fingerprint density at radius 3 is 2.56 bits per heavy atom. The van der Waals surface area contributed by atoms with Crippen LogP contribution in [0.2, 0.25) is 0 Å². The van der Waals surface area contributed by atoms with Gasteiger partial charge in [-0.05, 0) is 30.9 Å². The minimum absolute atomic E-state index is 0.175. The van der Waals surface area contributed by atoms with Crippen LogP contribution in [0.3, 0.4) is 0 Å². The second-order valence-corrected chi connectivity index (χ2v) is 3.80. The molecule has 0 fully saturated rings. The Hall–Kier alpha value is -1.37. The topological polar surface area (TPSA) is 78.8 Å². The molecule has 3 N–H and O–H groups in total. The standard InChI is InChI=1S/C12H18BNO4/c1-2-18-9-3-8-14-12(15)10-4-6-11(7-5-10)13(16)17/h4-7,16-17H,2-3,8-9H2,1H3,(H,14,15). The van der Waals surface area contributed by atoms with Crippen LogP contribution in [0.25, 0.3) is 0 Å². The lowest BCUT2D eigenvalue weighted by Gasteiger charge is -2.06. The number of ether oxygens (including phenoxy) is 1. The smallest absolute Gasteiger partial charge is 0.423 e. The van der Waals surface area contributed by atoms with Crippen LogP contribution in [0.5, 0.6) is 0 Å². The Morgan fingerprint density at radius 1 is 1.33 bits per heavy atom. The number of carbonyl (C=O) groups is 1. The van der Waals surface area contributed by atoms with Gasteiger partial charge >= 0.3 is 7.12 Å². The summed E-state index contributed by atoms with van der Waals surface area (Å²) in [6.45, 7) is 3.80. The Balaban J connectivity index is 2.37. The molecule has 0 saturated heterocycles.